The van der Waals surface area contributed by atoms with Crippen LogP contribution in [-0.4, -0.2) is 0 Å². The second-order valence-electron chi connectivity index (χ2n) is 3.02. The zero-order chi connectivity index (χ0) is 11.1. The number of halogens is 3. The average Bonchev–Trinajstić information content (AvgIpc) is 2.15. The molecule has 0 bridgehead atoms. The molecule has 2 nitrogen and oxygen atoms in total. The van der Waals surface area contributed by atoms with Crippen LogP contribution >= 0.6 is 0 Å². The normalized spacial score (nSPS) is 11.9. The molecule has 0 saturated heterocycles. The molecule has 0 amide bonds. The third kappa shape index (κ3) is 1.72. The molecule has 0 aliphatic heterocycles. The van der Waals surface area contributed by atoms with Crippen molar-refractivity contribution in [2.75, 3.05) is 0 Å². The first-order valence-corrected chi connectivity index (χ1v) is 4.13. The van der Waals surface area contributed by atoms with Crippen LogP contribution in [0.2, 0.25) is 0 Å². The Morgan fingerprint density at radius 2 is 1.80 bits per heavy atom. The number of benzene rings is 1. The first-order chi connectivity index (χ1) is 6.98. The van der Waals surface area contributed by atoms with Gasteiger partial charge in [0.15, 0.2) is 0 Å². The van der Waals surface area contributed by atoms with Crippen LogP contribution in [0.25, 0.3) is 11.0 Å². The Labute approximate surface area is 82.5 Å². The van der Waals surface area contributed by atoms with E-state index in [9.17, 15) is 13.2 Å². The molecule has 1 aromatic carbocycles. The molecule has 15 heavy (non-hydrogen) atoms. The van der Waals surface area contributed by atoms with E-state index in [4.69, 9.17) is 9.83 Å². The molecule has 1 N–H and O–H groups in total. The molecule has 1 heterocycles. The lowest BCUT2D eigenvalue weighted by atomic mass is 10.2. The monoisotopic (exact) mass is 213 g/mol. The Hall–Kier alpha value is -1.78. The number of rotatable bonds is 0. The Morgan fingerprint density at radius 3 is 2.47 bits per heavy atom. The van der Waals surface area contributed by atoms with Crippen molar-refractivity contribution in [1.29, 1.82) is 5.41 Å². The number of hydrogen-bond acceptors (Lipinski definition) is 2. The lowest BCUT2D eigenvalue weighted by Gasteiger charge is -2.06. The molecule has 0 unspecified atom stereocenters. The lowest BCUT2D eigenvalue weighted by molar-refractivity contribution is -0.140. The highest BCUT2D eigenvalue weighted by atomic mass is 19.4. The average molecular weight is 213 g/mol. The summed E-state index contributed by atoms with van der Waals surface area (Å²) in [5, 5.41) is 7.46. The van der Waals surface area contributed by atoms with Crippen molar-refractivity contribution in [3.63, 3.8) is 0 Å². The summed E-state index contributed by atoms with van der Waals surface area (Å²) in [4.78, 5) is 0. The highest BCUT2D eigenvalue weighted by Gasteiger charge is 2.33. The molecule has 1 aromatic heterocycles. The third-order valence-electron chi connectivity index (χ3n) is 1.98. The summed E-state index contributed by atoms with van der Waals surface area (Å²) in [5.74, 6) is 0. The van der Waals surface area contributed by atoms with Crippen LogP contribution in [0.4, 0.5) is 13.2 Å². The number of nitrogens with one attached hydrogen (secondary N) is 1. The maximum atomic E-state index is 12.4. The summed E-state index contributed by atoms with van der Waals surface area (Å²) < 4.78 is 42.0. The zero-order valence-electron chi connectivity index (χ0n) is 7.43. The van der Waals surface area contributed by atoms with Crippen LogP contribution in [0.1, 0.15) is 5.56 Å². The predicted octanol–water partition coefficient (Wildman–Crippen LogP) is 2.93. The maximum Gasteiger partial charge on any atom is 0.421 e. The van der Waals surface area contributed by atoms with E-state index in [0.717, 1.165) is 6.07 Å². The van der Waals surface area contributed by atoms with Crippen LogP contribution in [0.15, 0.2) is 34.7 Å². The molecule has 78 valence electrons. The van der Waals surface area contributed by atoms with Gasteiger partial charge in [0.05, 0.1) is 0 Å². The second-order valence-corrected chi connectivity index (χ2v) is 3.02. The fourth-order valence-electron chi connectivity index (χ4n) is 1.29. The number of alkyl halides is 3. The predicted molar refractivity (Wildman–Crippen MR) is 47.1 cm³/mol. The van der Waals surface area contributed by atoms with Crippen molar-refractivity contribution in [3.8, 4) is 0 Å². The standard InChI is InChI=1S/C10H6F3NO/c11-10(12,13)7-5-6-3-1-2-4-8(6)15-9(7)14/h1-5,14H. The molecule has 5 heteroatoms. The van der Waals surface area contributed by atoms with Crippen LogP contribution in [0, 0.1) is 5.41 Å². The van der Waals surface area contributed by atoms with Gasteiger partial charge in [-0.25, -0.2) is 0 Å². The van der Waals surface area contributed by atoms with Gasteiger partial charge in [-0.1, -0.05) is 18.2 Å². The smallest absolute Gasteiger partial charge is 0.421 e. The number of hydrogen-bond donors (Lipinski definition) is 1. The minimum absolute atomic E-state index is 0.274. The Bertz CT molecular complexity index is 556. The largest absolute Gasteiger partial charge is 0.438 e. The lowest BCUT2D eigenvalue weighted by Crippen LogP contribution is -2.18. The van der Waals surface area contributed by atoms with Crippen molar-refractivity contribution in [2.45, 2.75) is 6.18 Å². The molecule has 0 fully saturated rings. The summed E-state index contributed by atoms with van der Waals surface area (Å²) >= 11 is 0. The van der Waals surface area contributed by atoms with Crippen molar-refractivity contribution < 1.29 is 17.6 Å². The van der Waals surface area contributed by atoms with Gasteiger partial charge in [-0.05, 0) is 12.1 Å². The SMILES string of the molecule is N=c1oc2ccccc2cc1C(F)(F)F. The van der Waals surface area contributed by atoms with Gasteiger partial charge >= 0.3 is 6.18 Å². The van der Waals surface area contributed by atoms with Gasteiger partial charge in [0.2, 0.25) is 5.55 Å². The van der Waals surface area contributed by atoms with E-state index in [1.54, 1.807) is 12.1 Å². The molecule has 0 aliphatic carbocycles. The van der Waals surface area contributed by atoms with Crippen LogP contribution in [-0.2, 0) is 6.18 Å². The zero-order valence-corrected chi connectivity index (χ0v) is 7.43. The van der Waals surface area contributed by atoms with Crippen LogP contribution in [0.5, 0.6) is 0 Å². The molecule has 0 spiro atoms. The molecular formula is C10H6F3NO. The number of fused-ring (bicyclic) bond motifs is 1. The Kier molecular flexibility index (Phi) is 2.03. The van der Waals surface area contributed by atoms with E-state index >= 15 is 0 Å². The first-order valence-electron chi connectivity index (χ1n) is 4.13. The third-order valence-corrected chi connectivity index (χ3v) is 1.98. The molecule has 0 saturated carbocycles. The molecule has 0 radical (unpaired) electrons. The molecular weight excluding hydrogens is 207 g/mol. The summed E-state index contributed by atoms with van der Waals surface area (Å²) in [7, 11) is 0. The molecule has 0 aliphatic rings. The van der Waals surface area contributed by atoms with E-state index in [-0.39, 0.29) is 5.58 Å². The summed E-state index contributed by atoms with van der Waals surface area (Å²) in [6.45, 7) is 0. The van der Waals surface area contributed by atoms with Crippen molar-refractivity contribution >= 4 is 11.0 Å². The molecule has 2 aromatic rings. The van der Waals surface area contributed by atoms with Gasteiger partial charge < -0.3 is 4.42 Å². The van der Waals surface area contributed by atoms with Gasteiger partial charge in [-0.3, -0.25) is 5.41 Å². The highest BCUT2D eigenvalue weighted by molar-refractivity contribution is 5.76. The van der Waals surface area contributed by atoms with Crippen LogP contribution < -0.4 is 5.55 Å². The maximum absolute atomic E-state index is 12.4. The highest BCUT2D eigenvalue weighted by Crippen LogP contribution is 2.28. The second kappa shape index (κ2) is 3.12. The minimum Gasteiger partial charge on any atom is -0.438 e. The van der Waals surface area contributed by atoms with Gasteiger partial charge in [-0.15, -0.1) is 0 Å². The van der Waals surface area contributed by atoms with Crippen molar-refractivity contribution in [1.82, 2.24) is 0 Å². The molecule has 2 rings (SSSR count). The van der Waals surface area contributed by atoms with E-state index in [1.807, 2.05) is 0 Å². The van der Waals surface area contributed by atoms with Gasteiger partial charge in [0, 0.05) is 5.39 Å². The number of para-hydroxylation sites is 1. The van der Waals surface area contributed by atoms with Gasteiger partial charge in [0.1, 0.15) is 11.1 Å². The summed E-state index contributed by atoms with van der Waals surface area (Å²) in [6.07, 6.45) is -4.55. The van der Waals surface area contributed by atoms with E-state index < -0.39 is 17.3 Å². The van der Waals surface area contributed by atoms with E-state index in [1.165, 1.54) is 12.1 Å². The van der Waals surface area contributed by atoms with Gasteiger partial charge in [0.25, 0.3) is 0 Å². The minimum atomic E-state index is -4.55. The van der Waals surface area contributed by atoms with E-state index in [0.29, 0.717) is 5.39 Å². The van der Waals surface area contributed by atoms with Crippen molar-refractivity contribution in [3.05, 3.63) is 41.4 Å². The van der Waals surface area contributed by atoms with E-state index in [2.05, 4.69) is 0 Å². The Balaban J connectivity index is 2.79. The van der Waals surface area contributed by atoms with Crippen LogP contribution in [0.3, 0.4) is 0 Å². The Morgan fingerprint density at radius 1 is 1.13 bits per heavy atom. The molecule has 0 atom stereocenters. The fraction of sp³-hybridized carbons (Fsp3) is 0.100. The van der Waals surface area contributed by atoms with Gasteiger partial charge in [-0.2, -0.15) is 13.2 Å². The summed E-state index contributed by atoms with van der Waals surface area (Å²) in [5.41, 5.74) is -1.64. The fourth-order valence-corrected chi connectivity index (χ4v) is 1.29. The quantitative estimate of drug-likeness (QED) is 0.717. The first kappa shape index (κ1) is 9.76. The topological polar surface area (TPSA) is 37.0 Å². The van der Waals surface area contributed by atoms with Crippen molar-refractivity contribution in [2.24, 2.45) is 0 Å². The summed E-state index contributed by atoms with van der Waals surface area (Å²) in [6, 6.07) is 7.20.